The van der Waals surface area contributed by atoms with Crippen LogP contribution in [0.15, 0.2) is 40.4 Å². The van der Waals surface area contributed by atoms with Crippen LogP contribution in [0, 0.1) is 0 Å². The lowest BCUT2D eigenvalue weighted by molar-refractivity contribution is 0.597. The number of unbranched alkanes of at least 4 members (excludes halogenated alkanes) is 1. The highest BCUT2D eigenvalue weighted by Gasteiger charge is 2.02. The Labute approximate surface area is 182 Å². The topological polar surface area (TPSA) is 71.3 Å². The molecular formula is C19H30IN5OS. The predicted molar refractivity (Wildman–Crippen MR) is 125 cm³/mol. The number of nitrogens with one attached hydrogen (secondary N) is 2. The van der Waals surface area contributed by atoms with Crippen molar-refractivity contribution in [1.29, 1.82) is 0 Å². The lowest BCUT2D eigenvalue weighted by Gasteiger charge is -2.10. The molecule has 0 aliphatic rings. The van der Waals surface area contributed by atoms with E-state index in [0.717, 1.165) is 57.8 Å². The first-order valence-corrected chi connectivity index (χ1v) is 10.2. The maximum atomic E-state index is 11.6. The van der Waals surface area contributed by atoms with Crippen molar-refractivity contribution in [2.45, 2.75) is 46.1 Å². The van der Waals surface area contributed by atoms with Gasteiger partial charge in [0.2, 0.25) is 5.56 Å². The molecule has 0 aliphatic carbocycles. The number of nitrogens with zero attached hydrogens (tertiary/aromatic N) is 3. The van der Waals surface area contributed by atoms with Crippen molar-refractivity contribution in [2.75, 3.05) is 19.6 Å². The predicted octanol–water partition coefficient (Wildman–Crippen LogP) is 3.06. The van der Waals surface area contributed by atoms with Gasteiger partial charge in [-0.25, -0.2) is 4.98 Å². The van der Waals surface area contributed by atoms with E-state index in [1.54, 1.807) is 28.0 Å². The van der Waals surface area contributed by atoms with Crippen molar-refractivity contribution in [3.63, 3.8) is 0 Å². The van der Waals surface area contributed by atoms with Crippen LogP contribution < -0.4 is 16.2 Å². The lowest BCUT2D eigenvalue weighted by Crippen LogP contribution is -2.38. The number of halogens is 1. The third-order valence-corrected chi connectivity index (χ3v) is 5.10. The van der Waals surface area contributed by atoms with Gasteiger partial charge in [0.05, 0.1) is 5.01 Å². The summed E-state index contributed by atoms with van der Waals surface area (Å²) in [5.74, 6) is 0.844. The Bertz CT molecular complexity index is 743. The summed E-state index contributed by atoms with van der Waals surface area (Å²) in [6, 6.07) is 5.25. The van der Waals surface area contributed by atoms with Gasteiger partial charge in [0.1, 0.15) is 0 Å². The molecule has 2 N–H and O–H groups in total. The second-order valence-electron chi connectivity index (χ2n) is 5.95. The van der Waals surface area contributed by atoms with E-state index in [1.165, 1.54) is 9.88 Å². The Hall–Kier alpha value is -1.42. The summed E-state index contributed by atoms with van der Waals surface area (Å²) in [6.45, 7) is 7.36. The first-order chi connectivity index (χ1) is 12.7. The number of aliphatic imine (C=N–C) groups is 1. The van der Waals surface area contributed by atoms with E-state index < -0.39 is 0 Å². The molecule has 0 atom stereocenters. The largest absolute Gasteiger partial charge is 0.357 e. The lowest BCUT2D eigenvalue weighted by atomic mass is 10.3. The van der Waals surface area contributed by atoms with Crippen LogP contribution in [0.3, 0.4) is 0 Å². The van der Waals surface area contributed by atoms with Gasteiger partial charge in [0.25, 0.3) is 0 Å². The van der Waals surface area contributed by atoms with E-state index in [-0.39, 0.29) is 29.5 Å². The number of pyridine rings is 1. The average molecular weight is 503 g/mol. The maximum absolute atomic E-state index is 11.6. The van der Waals surface area contributed by atoms with Crippen LogP contribution in [0.1, 0.15) is 36.6 Å². The van der Waals surface area contributed by atoms with Gasteiger partial charge in [-0.1, -0.05) is 13.0 Å². The smallest absolute Gasteiger partial charge is 0.250 e. The van der Waals surface area contributed by atoms with E-state index in [1.807, 2.05) is 18.5 Å². The zero-order valence-corrected chi connectivity index (χ0v) is 19.3. The highest BCUT2D eigenvalue weighted by atomic mass is 127. The Kier molecular flexibility index (Phi) is 12.0. The molecule has 2 aromatic heterocycles. The van der Waals surface area contributed by atoms with Crippen LogP contribution in [0.2, 0.25) is 0 Å². The minimum absolute atomic E-state index is 0. The average Bonchev–Trinajstić information content (AvgIpc) is 3.11. The van der Waals surface area contributed by atoms with Crippen molar-refractivity contribution >= 4 is 41.3 Å². The number of hydrogen-bond acceptors (Lipinski definition) is 4. The Morgan fingerprint density at radius 2 is 2.11 bits per heavy atom. The maximum Gasteiger partial charge on any atom is 0.250 e. The molecule has 150 valence electrons. The molecule has 0 saturated heterocycles. The second-order valence-corrected chi connectivity index (χ2v) is 7.15. The van der Waals surface area contributed by atoms with Crippen LogP contribution in [0.4, 0.5) is 0 Å². The van der Waals surface area contributed by atoms with Crippen molar-refractivity contribution in [3.8, 4) is 0 Å². The molecule has 0 bridgehead atoms. The Balaban J connectivity index is 0.00000364. The van der Waals surface area contributed by atoms with Gasteiger partial charge in [0, 0.05) is 55.9 Å². The standard InChI is InChI=1S/C19H29N5OS.HI/c1-3-16-15-23-17(26-16)10-12-22-19(20-4-2)21-11-6-8-14-24-13-7-5-9-18(24)25;/h5,7,9,13,15H,3-4,6,8,10-12,14H2,1-2H3,(H2,20,21,22);1H. The first-order valence-electron chi connectivity index (χ1n) is 9.34. The quantitative estimate of drug-likeness (QED) is 0.226. The summed E-state index contributed by atoms with van der Waals surface area (Å²) >= 11 is 1.78. The van der Waals surface area contributed by atoms with Crippen molar-refractivity contribution in [1.82, 2.24) is 20.2 Å². The van der Waals surface area contributed by atoms with Gasteiger partial charge in [-0.3, -0.25) is 9.79 Å². The molecule has 8 heteroatoms. The summed E-state index contributed by atoms with van der Waals surface area (Å²) in [6.07, 6.45) is 7.64. The van der Waals surface area contributed by atoms with Crippen LogP contribution >= 0.6 is 35.3 Å². The monoisotopic (exact) mass is 503 g/mol. The molecule has 2 aromatic rings. The summed E-state index contributed by atoms with van der Waals surface area (Å²) in [5, 5.41) is 7.80. The molecule has 0 spiro atoms. The second kappa shape index (κ2) is 13.7. The normalized spacial score (nSPS) is 11.1. The molecule has 0 radical (unpaired) electrons. The molecule has 0 fully saturated rings. The van der Waals surface area contributed by atoms with Crippen LogP contribution in [0.25, 0.3) is 0 Å². The van der Waals surface area contributed by atoms with Gasteiger partial charge in [-0.15, -0.1) is 35.3 Å². The highest BCUT2D eigenvalue weighted by molar-refractivity contribution is 14.0. The minimum Gasteiger partial charge on any atom is -0.357 e. The zero-order valence-electron chi connectivity index (χ0n) is 16.1. The fraction of sp³-hybridized carbons (Fsp3) is 0.526. The molecule has 6 nitrogen and oxygen atoms in total. The van der Waals surface area contributed by atoms with Crippen molar-refractivity contribution < 1.29 is 0 Å². The first kappa shape index (κ1) is 23.6. The number of guanidine groups is 1. The SMILES string of the molecule is CCNC(=NCCCCn1ccccc1=O)NCCc1ncc(CC)s1.I. The summed E-state index contributed by atoms with van der Waals surface area (Å²) in [4.78, 5) is 22.0. The number of thiazole rings is 1. The highest BCUT2D eigenvalue weighted by Crippen LogP contribution is 2.13. The molecule has 0 unspecified atom stereocenters. The fourth-order valence-corrected chi connectivity index (χ4v) is 3.35. The van der Waals surface area contributed by atoms with E-state index in [2.05, 4.69) is 34.5 Å². The number of hydrogen-bond donors (Lipinski definition) is 2. The Morgan fingerprint density at radius 3 is 2.81 bits per heavy atom. The molecule has 0 aliphatic heterocycles. The van der Waals surface area contributed by atoms with Gasteiger partial charge >= 0.3 is 0 Å². The summed E-state index contributed by atoms with van der Waals surface area (Å²) < 4.78 is 1.74. The summed E-state index contributed by atoms with van der Waals surface area (Å²) in [7, 11) is 0. The van der Waals surface area contributed by atoms with Gasteiger partial charge < -0.3 is 15.2 Å². The van der Waals surface area contributed by atoms with Gasteiger partial charge in [-0.05, 0) is 32.3 Å². The number of rotatable bonds is 10. The van der Waals surface area contributed by atoms with Crippen LogP contribution in [-0.4, -0.2) is 35.1 Å². The van der Waals surface area contributed by atoms with Crippen LogP contribution in [0.5, 0.6) is 0 Å². The molecule has 2 heterocycles. The van der Waals surface area contributed by atoms with E-state index in [4.69, 9.17) is 0 Å². The molecule has 0 aromatic carbocycles. The van der Waals surface area contributed by atoms with Crippen molar-refractivity contribution in [2.24, 2.45) is 4.99 Å². The third-order valence-electron chi connectivity index (χ3n) is 3.90. The molecular weight excluding hydrogens is 473 g/mol. The number of aromatic nitrogens is 2. The van der Waals surface area contributed by atoms with Gasteiger partial charge in [0.15, 0.2) is 5.96 Å². The van der Waals surface area contributed by atoms with Crippen LogP contribution in [-0.2, 0) is 19.4 Å². The summed E-state index contributed by atoms with van der Waals surface area (Å²) in [5.41, 5.74) is 0.0550. The molecule has 2 rings (SSSR count). The zero-order chi connectivity index (χ0) is 18.6. The minimum atomic E-state index is 0. The number of aryl methyl sites for hydroxylation is 2. The molecule has 0 saturated carbocycles. The molecule has 27 heavy (non-hydrogen) atoms. The van der Waals surface area contributed by atoms with Gasteiger partial charge in [-0.2, -0.15) is 0 Å². The van der Waals surface area contributed by atoms with Crippen molar-refractivity contribution in [3.05, 3.63) is 50.8 Å². The fourth-order valence-electron chi connectivity index (χ4n) is 2.49. The third kappa shape index (κ3) is 8.87. The molecule has 0 amide bonds. The van der Waals surface area contributed by atoms with E-state index >= 15 is 0 Å². The Morgan fingerprint density at radius 1 is 1.26 bits per heavy atom. The van der Waals surface area contributed by atoms with E-state index in [0.29, 0.717) is 0 Å². The van der Waals surface area contributed by atoms with E-state index in [9.17, 15) is 4.79 Å².